The molecule has 2 aliphatic heterocycles. The van der Waals surface area contributed by atoms with E-state index in [0.29, 0.717) is 12.1 Å². The van der Waals surface area contributed by atoms with Gasteiger partial charge in [0.25, 0.3) is 0 Å². The maximum Gasteiger partial charge on any atom is 0.211 e. The van der Waals surface area contributed by atoms with E-state index in [-0.39, 0.29) is 36.8 Å². The zero-order valence-electron chi connectivity index (χ0n) is 13.1. The molecule has 1 aromatic carbocycles. The Morgan fingerprint density at radius 1 is 1.46 bits per heavy atom. The Bertz CT molecular complexity index is 805. The van der Waals surface area contributed by atoms with E-state index in [1.54, 1.807) is 0 Å². The Kier molecular flexibility index (Phi) is 3.88. The molecule has 1 spiro atoms. The summed E-state index contributed by atoms with van der Waals surface area (Å²) >= 11 is 0. The van der Waals surface area contributed by atoms with Gasteiger partial charge in [-0.3, -0.25) is 10.2 Å². The zero-order valence-corrected chi connectivity index (χ0v) is 13.9. The molecule has 0 aliphatic carbocycles. The van der Waals surface area contributed by atoms with Crippen molar-refractivity contribution in [1.29, 1.82) is 5.41 Å². The summed E-state index contributed by atoms with van der Waals surface area (Å²) in [6.07, 6.45) is 0.670. The Balaban J connectivity index is 2.05. The van der Waals surface area contributed by atoms with Gasteiger partial charge in [0, 0.05) is 17.9 Å². The van der Waals surface area contributed by atoms with Crippen molar-refractivity contribution < 1.29 is 22.3 Å². The predicted molar refractivity (Wildman–Crippen MR) is 86.3 cm³/mol. The number of carbonyl (C=O) groups is 1. The Morgan fingerprint density at radius 3 is 2.79 bits per heavy atom. The number of ether oxygens (including phenoxy) is 1. The van der Waals surface area contributed by atoms with E-state index in [9.17, 15) is 17.6 Å². The number of sulfone groups is 1. The van der Waals surface area contributed by atoms with E-state index in [0.717, 1.165) is 6.07 Å². The number of rotatable bonds is 3. The van der Waals surface area contributed by atoms with Crippen molar-refractivity contribution in [2.45, 2.75) is 23.6 Å². The van der Waals surface area contributed by atoms with Crippen LogP contribution >= 0.6 is 0 Å². The number of amides is 1. The first kappa shape index (κ1) is 16.8. The van der Waals surface area contributed by atoms with E-state index in [2.05, 4.69) is 10.6 Å². The second-order valence-electron chi connectivity index (χ2n) is 6.34. The first-order valence-electron chi connectivity index (χ1n) is 7.42. The second-order valence-corrected chi connectivity index (χ2v) is 8.64. The molecule has 24 heavy (non-hydrogen) atoms. The Labute approximate surface area is 139 Å². The summed E-state index contributed by atoms with van der Waals surface area (Å²) in [5.74, 6) is -1.15. The van der Waals surface area contributed by atoms with Crippen LogP contribution in [0.15, 0.2) is 18.2 Å². The number of hydrogen-bond acceptors (Lipinski definition) is 5. The zero-order chi connectivity index (χ0) is 17.6. The highest BCUT2D eigenvalue weighted by Gasteiger charge is 2.58. The van der Waals surface area contributed by atoms with Crippen LogP contribution in [0.4, 0.5) is 10.1 Å². The SMILES string of the molecule is C[C@@]1(c2cc(NC=O)ccc2F)CS(=O)(=O)[C@@]2(CCOC2)C(=N)N1. The van der Waals surface area contributed by atoms with Crippen LogP contribution in [0.25, 0.3) is 0 Å². The normalized spacial score (nSPS) is 31.7. The monoisotopic (exact) mass is 355 g/mol. The molecular formula is C15H18FN3O4S. The lowest BCUT2D eigenvalue weighted by Gasteiger charge is -2.44. The van der Waals surface area contributed by atoms with E-state index in [1.807, 2.05) is 0 Å². The fourth-order valence-corrected chi connectivity index (χ4v) is 5.62. The van der Waals surface area contributed by atoms with Gasteiger partial charge in [-0.05, 0) is 31.5 Å². The van der Waals surface area contributed by atoms with Crippen molar-refractivity contribution in [1.82, 2.24) is 5.32 Å². The standard InChI is InChI=1S/C15H18FN3O4S/c1-14(11-6-10(18-9-20)2-3-12(11)16)8-24(21,22)15(13(17)19-14)4-5-23-7-15/h2-3,6,9H,4-5,7-8H2,1H3,(H2,17,19)(H,18,20)/t14-,15+/m0/s1. The van der Waals surface area contributed by atoms with Crippen molar-refractivity contribution in [3.8, 4) is 0 Å². The summed E-state index contributed by atoms with van der Waals surface area (Å²) in [6, 6.07) is 3.92. The summed E-state index contributed by atoms with van der Waals surface area (Å²) in [4.78, 5) is 10.6. The van der Waals surface area contributed by atoms with Crippen molar-refractivity contribution in [3.63, 3.8) is 0 Å². The molecule has 9 heteroatoms. The summed E-state index contributed by atoms with van der Waals surface area (Å²) in [5.41, 5.74) is -0.886. The smallest absolute Gasteiger partial charge is 0.211 e. The highest BCUT2D eigenvalue weighted by atomic mass is 32.2. The van der Waals surface area contributed by atoms with Gasteiger partial charge in [-0.25, -0.2) is 12.8 Å². The largest absolute Gasteiger partial charge is 0.379 e. The minimum atomic E-state index is -3.74. The molecule has 0 bridgehead atoms. The molecule has 2 saturated heterocycles. The molecule has 0 aromatic heterocycles. The van der Waals surface area contributed by atoms with Crippen LogP contribution in [-0.2, 0) is 24.9 Å². The molecule has 1 aromatic rings. The van der Waals surface area contributed by atoms with Crippen molar-refractivity contribution in [2.24, 2.45) is 0 Å². The van der Waals surface area contributed by atoms with Gasteiger partial charge in [0.05, 0.1) is 17.9 Å². The molecule has 2 atom stereocenters. The quantitative estimate of drug-likeness (QED) is 0.694. The Morgan fingerprint density at radius 2 is 2.21 bits per heavy atom. The molecule has 0 radical (unpaired) electrons. The van der Waals surface area contributed by atoms with Gasteiger partial charge in [0.1, 0.15) is 11.7 Å². The van der Waals surface area contributed by atoms with E-state index < -0.39 is 25.9 Å². The molecule has 3 rings (SSSR count). The molecule has 3 N–H and O–H groups in total. The third kappa shape index (κ3) is 2.39. The molecule has 0 unspecified atom stereocenters. The van der Waals surface area contributed by atoms with Gasteiger partial charge in [-0.2, -0.15) is 0 Å². The lowest BCUT2D eigenvalue weighted by molar-refractivity contribution is -0.105. The number of halogens is 1. The summed E-state index contributed by atoms with van der Waals surface area (Å²) in [5, 5.41) is 13.5. The lowest BCUT2D eigenvalue weighted by atomic mass is 9.91. The summed E-state index contributed by atoms with van der Waals surface area (Å²) in [7, 11) is -3.74. The van der Waals surface area contributed by atoms with E-state index in [4.69, 9.17) is 10.1 Å². The molecule has 7 nitrogen and oxygen atoms in total. The third-order valence-corrected chi connectivity index (χ3v) is 7.38. The fraction of sp³-hybridized carbons (Fsp3) is 0.467. The third-order valence-electron chi connectivity index (χ3n) is 4.70. The van der Waals surface area contributed by atoms with Crippen LogP contribution in [0, 0.1) is 11.2 Å². The van der Waals surface area contributed by atoms with Gasteiger partial charge in [-0.15, -0.1) is 0 Å². The molecular weight excluding hydrogens is 337 g/mol. The van der Waals surface area contributed by atoms with Gasteiger partial charge in [-0.1, -0.05) is 0 Å². The highest BCUT2D eigenvalue weighted by molar-refractivity contribution is 7.93. The van der Waals surface area contributed by atoms with Crippen LogP contribution in [0.5, 0.6) is 0 Å². The van der Waals surface area contributed by atoms with Crippen molar-refractivity contribution >= 4 is 27.8 Å². The summed E-state index contributed by atoms with van der Waals surface area (Å²) in [6.45, 7) is 1.74. The van der Waals surface area contributed by atoms with E-state index in [1.165, 1.54) is 19.1 Å². The second kappa shape index (κ2) is 5.52. The first-order chi connectivity index (χ1) is 11.2. The number of amidine groups is 1. The van der Waals surface area contributed by atoms with Gasteiger partial charge < -0.3 is 15.4 Å². The number of carbonyl (C=O) groups excluding carboxylic acids is 1. The summed E-state index contributed by atoms with van der Waals surface area (Å²) < 4.78 is 43.9. The highest BCUT2D eigenvalue weighted by Crippen LogP contribution is 2.39. The Hall–Kier alpha value is -2.00. The number of hydrogen-bond donors (Lipinski definition) is 3. The maximum atomic E-state index is 14.3. The van der Waals surface area contributed by atoms with Crippen LogP contribution in [0.2, 0.25) is 0 Å². The van der Waals surface area contributed by atoms with Crippen molar-refractivity contribution in [3.05, 3.63) is 29.6 Å². The molecule has 2 aliphatic rings. The van der Waals surface area contributed by atoms with Gasteiger partial charge in [0.15, 0.2) is 14.6 Å². The number of benzene rings is 1. The van der Waals surface area contributed by atoms with Crippen LogP contribution < -0.4 is 10.6 Å². The minimum Gasteiger partial charge on any atom is -0.379 e. The molecule has 130 valence electrons. The topological polar surface area (TPSA) is 108 Å². The maximum absolute atomic E-state index is 14.3. The fourth-order valence-electron chi connectivity index (χ4n) is 3.34. The van der Waals surface area contributed by atoms with Gasteiger partial charge in [0.2, 0.25) is 6.41 Å². The van der Waals surface area contributed by atoms with E-state index >= 15 is 0 Å². The number of anilines is 1. The number of nitrogens with one attached hydrogen (secondary N) is 3. The van der Waals surface area contributed by atoms with Crippen molar-refractivity contribution in [2.75, 3.05) is 24.3 Å². The molecule has 1 amide bonds. The van der Waals surface area contributed by atoms with Crippen LogP contribution in [0.3, 0.4) is 0 Å². The molecule has 2 fully saturated rings. The lowest BCUT2D eigenvalue weighted by Crippen LogP contribution is -2.66. The first-order valence-corrected chi connectivity index (χ1v) is 9.07. The van der Waals surface area contributed by atoms with Crippen LogP contribution in [0.1, 0.15) is 18.9 Å². The predicted octanol–water partition coefficient (Wildman–Crippen LogP) is 0.764. The average molecular weight is 355 g/mol. The average Bonchev–Trinajstić information content (AvgIpc) is 2.99. The molecule has 2 heterocycles. The van der Waals surface area contributed by atoms with Crippen LogP contribution in [-0.4, -0.2) is 44.4 Å². The van der Waals surface area contributed by atoms with Gasteiger partial charge >= 0.3 is 0 Å². The minimum absolute atomic E-state index is 0.0630. The molecule has 0 saturated carbocycles.